The normalized spacial score (nSPS) is 12.9. The van der Waals surface area contributed by atoms with Crippen LogP contribution in [0.25, 0.3) is 0 Å². The highest BCUT2D eigenvalue weighted by atomic mass is 35.7. The Bertz CT molecular complexity index is 483. The largest absolute Gasteiger partial charge is 0.417 e. The third-order valence-electron chi connectivity index (χ3n) is 1.57. The molecule has 0 radical (unpaired) electrons. The lowest BCUT2D eigenvalue weighted by molar-refractivity contribution is -0.140. The van der Waals surface area contributed by atoms with Crippen molar-refractivity contribution in [2.75, 3.05) is 0 Å². The maximum Gasteiger partial charge on any atom is 0.417 e. The molecule has 1 aromatic heterocycles. The summed E-state index contributed by atoms with van der Waals surface area (Å²) in [7, 11) is 0.411. The van der Waals surface area contributed by atoms with Crippen molar-refractivity contribution < 1.29 is 21.6 Å². The molecule has 0 aliphatic heterocycles. The van der Waals surface area contributed by atoms with E-state index >= 15 is 0 Å². The lowest BCUT2D eigenvalue weighted by atomic mass is 10.2. The van der Waals surface area contributed by atoms with Crippen LogP contribution >= 0.6 is 10.7 Å². The molecule has 0 aromatic carbocycles. The van der Waals surface area contributed by atoms with Crippen LogP contribution in [0.15, 0.2) is 17.2 Å². The molecule has 0 unspecified atom stereocenters. The predicted octanol–water partition coefficient (Wildman–Crippen LogP) is 2.34. The van der Waals surface area contributed by atoms with Gasteiger partial charge in [-0.15, -0.1) is 0 Å². The number of aryl methyl sites for hydroxylation is 1. The van der Waals surface area contributed by atoms with Crippen LogP contribution in [0.5, 0.6) is 0 Å². The van der Waals surface area contributed by atoms with E-state index in [1.807, 2.05) is 0 Å². The van der Waals surface area contributed by atoms with Crippen LogP contribution in [-0.4, -0.2) is 13.4 Å². The molecule has 0 N–H and O–H groups in total. The molecule has 0 saturated heterocycles. The summed E-state index contributed by atoms with van der Waals surface area (Å²) >= 11 is 0. The number of hydrogen-bond acceptors (Lipinski definition) is 3. The molecule has 3 nitrogen and oxygen atoms in total. The first-order valence-electron chi connectivity index (χ1n) is 3.61. The van der Waals surface area contributed by atoms with E-state index in [0.29, 0.717) is 12.3 Å². The molecule has 0 fully saturated rings. The van der Waals surface area contributed by atoms with Gasteiger partial charge in [0, 0.05) is 22.6 Å². The summed E-state index contributed by atoms with van der Waals surface area (Å²) in [5.41, 5.74) is -1.24. The second kappa shape index (κ2) is 3.64. The number of aromatic nitrogens is 1. The van der Waals surface area contributed by atoms with Crippen LogP contribution in [0, 0.1) is 6.92 Å². The Morgan fingerprint density at radius 2 is 1.93 bits per heavy atom. The Morgan fingerprint density at radius 3 is 2.33 bits per heavy atom. The Morgan fingerprint density at radius 1 is 1.40 bits per heavy atom. The maximum absolute atomic E-state index is 12.4. The third-order valence-corrected chi connectivity index (χ3v) is 2.92. The molecule has 0 amide bonds. The van der Waals surface area contributed by atoms with E-state index in [2.05, 4.69) is 4.98 Å². The van der Waals surface area contributed by atoms with Crippen LogP contribution < -0.4 is 0 Å². The fourth-order valence-electron chi connectivity index (χ4n) is 0.963. The average Bonchev–Trinajstić information content (AvgIpc) is 2.00. The van der Waals surface area contributed by atoms with Gasteiger partial charge in [0.15, 0.2) is 0 Å². The van der Waals surface area contributed by atoms with E-state index in [9.17, 15) is 21.6 Å². The minimum atomic E-state index is -4.77. The van der Waals surface area contributed by atoms with Crippen molar-refractivity contribution in [3.05, 3.63) is 23.5 Å². The third kappa shape index (κ3) is 2.82. The Hall–Kier alpha value is -0.820. The van der Waals surface area contributed by atoms with Crippen molar-refractivity contribution in [2.45, 2.75) is 18.0 Å². The van der Waals surface area contributed by atoms with E-state index in [1.54, 1.807) is 0 Å². The van der Waals surface area contributed by atoms with Gasteiger partial charge in [-0.25, -0.2) is 8.42 Å². The minimum absolute atomic E-state index is 0.0615. The maximum atomic E-state index is 12.4. The number of hydrogen-bond donors (Lipinski definition) is 0. The SMILES string of the molecule is Cc1cc(C(F)(F)F)c(S(=O)(=O)Cl)cn1. The van der Waals surface area contributed by atoms with Crippen molar-refractivity contribution in [2.24, 2.45) is 0 Å². The lowest BCUT2D eigenvalue weighted by Crippen LogP contribution is -2.11. The minimum Gasteiger partial charge on any atom is -0.260 e. The van der Waals surface area contributed by atoms with Crippen molar-refractivity contribution >= 4 is 19.7 Å². The van der Waals surface area contributed by atoms with Crippen LogP contribution in [0.3, 0.4) is 0 Å². The lowest BCUT2D eigenvalue weighted by Gasteiger charge is -2.10. The van der Waals surface area contributed by atoms with Gasteiger partial charge < -0.3 is 0 Å². The molecule has 0 bridgehead atoms. The summed E-state index contributed by atoms with van der Waals surface area (Å²) in [6, 6.07) is 0.634. The molecule has 84 valence electrons. The van der Waals surface area contributed by atoms with Crippen molar-refractivity contribution in [1.82, 2.24) is 4.98 Å². The zero-order valence-corrected chi connectivity index (χ0v) is 8.91. The van der Waals surface area contributed by atoms with Gasteiger partial charge in [-0.3, -0.25) is 4.98 Å². The monoisotopic (exact) mass is 259 g/mol. The summed E-state index contributed by atoms with van der Waals surface area (Å²) in [5, 5.41) is 0. The fraction of sp³-hybridized carbons (Fsp3) is 0.286. The molecule has 0 aliphatic rings. The van der Waals surface area contributed by atoms with E-state index in [0.717, 1.165) is 0 Å². The van der Waals surface area contributed by atoms with Crippen LogP contribution in [0.2, 0.25) is 0 Å². The second-order valence-corrected chi connectivity index (χ2v) is 5.29. The second-order valence-electron chi connectivity index (χ2n) is 2.76. The molecule has 0 spiro atoms. The molecular weight excluding hydrogens is 255 g/mol. The highest BCUT2D eigenvalue weighted by Crippen LogP contribution is 2.35. The summed E-state index contributed by atoms with van der Waals surface area (Å²) in [6.45, 7) is 1.32. The summed E-state index contributed by atoms with van der Waals surface area (Å²) < 4.78 is 58.9. The molecule has 1 rings (SSSR count). The first-order chi connectivity index (χ1) is 6.62. The summed E-state index contributed by atoms with van der Waals surface area (Å²) in [6.07, 6.45) is -4.18. The van der Waals surface area contributed by atoms with Crippen LogP contribution in [0.1, 0.15) is 11.3 Å². The van der Waals surface area contributed by atoms with Crippen LogP contribution in [0.4, 0.5) is 13.2 Å². The number of halogens is 4. The van der Waals surface area contributed by atoms with Gasteiger partial charge in [-0.1, -0.05) is 0 Å². The number of nitrogens with zero attached hydrogens (tertiary/aromatic N) is 1. The van der Waals surface area contributed by atoms with Gasteiger partial charge in [0.05, 0.1) is 5.56 Å². The van der Waals surface area contributed by atoms with Gasteiger partial charge in [0.25, 0.3) is 9.05 Å². The number of pyridine rings is 1. The molecule has 8 heteroatoms. The summed E-state index contributed by atoms with van der Waals surface area (Å²) in [5.74, 6) is 0. The average molecular weight is 260 g/mol. The topological polar surface area (TPSA) is 47.0 Å². The standard InChI is InChI=1S/C7H5ClF3NO2S/c1-4-2-5(7(9,10)11)6(3-12-4)15(8,13)14/h2-3H,1H3. The number of rotatable bonds is 1. The van der Waals surface area contributed by atoms with Crippen LogP contribution in [-0.2, 0) is 15.2 Å². The van der Waals surface area contributed by atoms with E-state index < -0.39 is 25.7 Å². The van der Waals surface area contributed by atoms with Gasteiger partial charge in [0.2, 0.25) is 0 Å². The Balaban J connectivity index is 3.55. The molecule has 0 saturated carbocycles. The van der Waals surface area contributed by atoms with E-state index in [4.69, 9.17) is 10.7 Å². The van der Waals surface area contributed by atoms with E-state index in [1.165, 1.54) is 6.92 Å². The smallest absolute Gasteiger partial charge is 0.260 e. The van der Waals surface area contributed by atoms with Gasteiger partial charge in [-0.05, 0) is 13.0 Å². The molecule has 0 aliphatic carbocycles. The molecule has 1 heterocycles. The molecule has 0 atom stereocenters. The van der Waals surface area contributed by atoms with Crippen molar-refractivity contribution in [1.29, 1.82) is 0 Å². The highest BCUT2D eigenvalue weighted by Gasteiger charge is 2.37. The molecule has 1 aromatic rings. The predicted molar refractivity (Wildman–Crippen MR) is 47.0 cm³/mol. The zero-order valence-electron chi connectivity index (χ0n) is 7.34. The molecular formula is C7H5ClF3NO2S. The number of alkyl halides is 3. The zero-order chi connectivity index (χ0) is 11.9. The van der Waals surface area contributed by atoms with E-state index in [-0.39, 0.29) is 5.69 Å². The first-order valence-corrected chi connectivity index (χ1v) is 5.92. The fourth-order valence-corrected chi connectivity index (χ4v) is 1.95. The van der Waals surface area contributed by atoms with Gasteiger partial charge >= 0.3 is 6.18 Å². The van der Waals surface area contributed by atoms with Crippen molar-refractivity contribution in [3.8, 4) is 0 Å². The molecule has 15 heavy (non-hydrogen) atoms. The first kappa shape index (κ1) is 12.3. The van der Waals surface area contributed by atoms with Gasteiger partial charge in [0.1, 0.15) is 4.90 Å². The Labute approximate surface area is 88.3 Å². The summed E-state index contributed by atoms with van der Waals surface area (Å²) in [4.78, 5) is 2.43. The highest BCUT2D eigenvalue weighted by molar-refractivity contribution is 8.13. The van der Waals surface area contributed by atoms with Gasteiger partial charge in [-0.2, -0.15) is 13.2 Å². The van der Waals surface area contributed by atoms with Crippen molar-refractivity contribution in [3.63, 3.8) is 0 Å². The quantitative estimate of drug-likeness (QED) is 0.727. The Kier molecular flexibility index (Phi) is 2.97.